The Morgan fingerprint density at radius 2 is 0.495 bits per heavy atom. The van der Waals surface area contributed by atoms with E-state index in [0.717, 1.165) is 17.2 Å². The van der Waals surface area contributed by atoms with E-state index in [9.17, 15) is 0 Å². The van der Waals surface area contributed by atoms with Crippen LogP contribution in [0.25, 0.3) is 142 Å². The smallest absolute Gasteiger partial charge is 0.293 e. The highest BCUT2D eigenvalue weighted by Crippen LogP contribution is 2.59. The molecule has 0 fully saturated rings. The summed E-state index contributed by atoms with van der Waals surface area (Å²) in [5.74, 6) is 3.14. The predicted octanol–water partition coefficient (Wildman–Crippen LogP) is 19.4. The van der Waals surface area contributed by atoms with Crippen molar-refractivity contribution >= 4 is 108 Å². The molecule has 0 spiro atoms. The Morgan fingerprint density at radius 1 is 0.242 bits per heavy atom. The third-order valence-corrected chi connectivity index (χ3v) is 21.8. The number of nitrogens with zero attached hydrogens (tertiary/aromatic N) is 3. The van der Waals surface area contributed by atoms with Gasteiger partial charge in [0, 0.05) is 83.5 Å². The van der Waals surface area contributed by atoms with Crippen LogP contribution in [0.5, 0.6) is 17.2 Å². The van der Waals surface area contributed by atoms with Crippen LogP contribution in [-0.4, -0.2) is 0 Å². The Hall–Kier alpha value is -10.7. The molecule has 16 aromatic rings. The van der Waals surface area contributed by atoms with Crippen molar-refractivity contribution in [1.29, 1.82) is 0 Å². The second kappa shape index (κ2) is 17.8. The molecule has 6 heterocycles. The van der Waals surface area contributed by atoms with Gasteiger partial charge in [-0.25, -0.2) is 0 Å². The molecule has 91 heavy (non-hydrogen) atoms. The number of hydrogen-bond acceptors (Lipinski definition) is 3. The predicted molar refractivity (Wildman–Crippen MR) is 370 cm³/mol. The van der Waals surface area contributed by atoms with E-state index in [0.29, 0.717) is 20.2 Å². The maximum Gasteiger partial charge on any atom is 0.293 e. The lowest BCUT2D eigenvalue weighted by Crippen LogP contribution is -2.42. The van der Waals surface area contributed by atoms with E-state index in [1.807, 2.05) is 0 Å². The zero-order valence-electron chi connectivity index (χ0n) is 51.6. The number of hydrogen-bond donors (Lipinski definition) is 0. The maximum atomic E-state index is 6.60. The lowest BCUT2D eigenvalue weighted by molar-refractivity contribution is -0.693. The van der Waals surface area contributed by atoms with Gasteiger partial charge < -0.3 is 14.2 Å². The van der Waals surface area contributed by atoms with Gasteiger partial charge in [-0.3, -0.25) is 0 Å². The van der Waals surface area contributed by atoms with Gasteiger partial charge in [-0.1, -0.05) is 163 Å². The molecule has 3 aliphatic carbocycles. The van der Waals surface area contributed by atoms with Gasteiger partial charge >= 0.3 is 0 Å². The summed E-state index contributed by atoms with van der Waals surface area (Å²) in [5.41, 5.74) is 19.6. The van der Waals surface area contributed by atoms with Gasteiger partial charge in [-0.05, 0) is 167 Å². The molecular weight excluding hydrogens is 1110 g/mol. The van der Waals surface area contributed by atoms with Crippen molar-refractivity contribution in [3.8, 4) is 51.0 Å². The van der Waals surface area contributed by atoms with Crippen LogP contribution in [0.3, 0.4) is 0 Å². The standard InChI is InChI=1S/C31H22NO.2C27H20NO/c1-31(2)25-14-22-11-18-7-3-5-9-20(18)13-24(22)30-28(25)29-26(31)15-23-12-19-8-4-6-10-21(19)16-27(23)32(29)17-33-30;2*1-27(2)21-14-19-11-16-7-3-4-8-17(16)12-20(19)26-24(21)25-22(27)13-18-9-5-6-10-23(18)28(25)15-29-26/h3-16H,17H2,1-2H3;2*3-14H,15H2,1-2H3/q3*+1. The first-order chi connectivity index (χ1) is 44.3. The van der Waals surface area contributed by atoms with Crippen molar-refractivity contribution in [2.45, 2.75) is 78.0 Å². The molecule has 6 heteroatoms. The monoisotopic (exact) mass is 1170 g/mol. The van der Waals surface area contributed by atoms with Crippen LogP contribution in [-0.2, 0) is 36.4 Å². The highest BCUT2D eigenvalue weighted by atomic mass is 16.5. The van der Waals surface area contributed by atoms with Gasteiger partial charge in [0.05, 0.1) is 16.7 Å². The van der Waals surface area contributed by atoms with E-state index in [1.165, 1.54) is 175 Å². The molecule has 13 aromatic carbocycles. The lowest BCUT2D eigenvalue weighted by Gasteiger charge is -2.21. The molecule has 3 aliphatic heterocycles. The van der Waals surface area contributed by atoms with E-state index >= 15 is 0 Å². The lowest BCUT2D eigenvalue weighted by atomic mass is 9.81. The maximum absolute atomic E-state index is 6.60. The van der Waals surface area contributed by atoms with Gasteiger partial charge in [-0.15, -0.1) is 0 Å². The first-order valence-corrected chi connectivity index (χ1v) is 32.1. The fourth-order valence-electron chi connectivity index (χ4n) is 17.0. The molecule has 3 aromatic heterocycles. The molecule has 0 atom stereocenters. The van der Waals surface area contributed by atoms with Crippen LogP contribution in [0.1, 0.15) is 74.9 Å². The number of para-hydroxylation sites is 2. The highest BCUT2D eigenvalue weighted by Gasteiger charge is 2.50. The van der Waals surface area contributed by atoms with Crippen LogP contribution in [0, 0.1) is 0 Å². The fourth-order valence-corrected chi connectivity index (χ4v) is 17.0. The molecule has 0 saturated heterocycles. The zero-order chi connectivity index (χ0) is 60.6. The third kappa shape index (κ3) is 6.89. The molecule has 432 valence electrons. The molecule has 6 aliphatic rings. The number of benzene rings is 13. The van der Waals surface area contributed by atoms with Crippen LogP contribution in [0.4, 0.5) is 0 Å². The van der Waals surface area contributed by atoms with E-state index in [1.54, 1.807) is 0 Å². The summed E-state index contributed by atoms with van der Waals surface area (Å²) in [6.45, 7) is 15.7. The van der Waals surface area contributed by atoms with E-state index < -0.39 is 0 Å². The van der Waals surface area contributed by atoms with E-state index in [2.05, 4.69) is 286 Å². The minimum absolute atomic E-state index is 0.0568. The second-order valence-electron chi connectivity index (χ2n) is 27.7. The SMILES string of the molecule is CC1(C)c2cc3cc4ccccc4cc3c3c2-c2c1cc1cc4ccccc4cc1[n+]2CO3.CC1(C)c2cc3cc4ccccc4cc3c3c2-c2c1cc1ccccc1[n+]2CO3.CC1(C)c2cc3cc4ccccc4cc3c3c2-c2c1cc1ccccc1[n+]2CO3. The van der Waals surface area contributed by atoms with Crippen LogP contribution in [0.2, 0.25) is 0 Å². The fraction of sp³-hybridized carbons (Fsp3) is 0.141. The van der Waals surface area contributed by atoms with Crippen LogP contribution < -0.4 is 27.9 Å². The third-order valence-electron chi connectivity index (χ3n) is 21.8. The minimum atomic E-state index is -0.0888. The van der Waals surface area contributed by atoms with Gasteiger partial charge in [0.25, 0.3) is 20.2 Å². The number of pyridine rings is 3. The van der Waals surface area contributed by atoms with Crippen molar-refractivity contribution in [2.75, 3.05) is 0 Å². The first-order valence-electron chi connectivity index (χ1n) is 32.1. The van der Waals surface area contributed by atoms with Gasteiger partial charge in [0.15, 0.2) is 0 Å². The van der Waals surface area contributed by atoms with Crippen molar-refractivity contribution in [1.82, 2.24) is 0 Å². The quantitative estimate of drug-likeness (QED) is 0.112. The molecule has 0 bridgehead atoms. The Bertz CT molecular complexity index is 5700. The number of ether oxygens (including phenoxy) is 3. The highest BCUT2D eigenvalue weighted by molar-refractivity contribution is 6.10. The van der Waals surface area contributed by atoms with Gasteiger partial charge in [0.2, 0.25) is 33.6 Å². The molecule has 0 N–H and O–H groups in total. The summed E-state index contributed by atoms with van der Waals surface area (Å²) in [6.07, 6.45) is 0. The number of rotatable bonds is 0. The molecule has 22 rings (SSSR count). The Balaban J connectivity index is 0.0000000953. The summed E-state index contributed by atoms with van der Waals surface area (Å²) >= 11 is 0. The summed E-state index contributed by atoms with van der Waals surface area (Å²) in [7, 11) is 0. The van der Waals surface area contributed by atoms with Crippen LogP contribution in [0.15, 0.2) is 231 Å². The minimum Gasteiger partial charge on any atom is -0.434 e. The van der Waals surface area contributed by atoms with Crippen LogP contribution >= 0.6 is 0 Å². The normalized spacial score (nSPS) is 15.5. The Morgan fingerprint density at radius 3 is 0.835 bits per heavy atom. The molecule has 0 amide bonds. The first kappa shape index (κ1) is 51.2. The molecule has 0 unspecified atom stereocenters. The average Bonchev–Trinajstić information content (AvgIpc) is 1.56. The van der Waals surface area contributed by atoms with Gasteiger partial charge in [0.1, 0.15) is 17.2 Å². The van der Waals surface area contributed by atoms with E-state index in [4.69, 9.17) is 14.2 Å². The zero-order valence-corrected chi connectivity index (χ0v) is 51.6. The largest absolute Gasteiger partial charge is 0.434 e. The summed E-state index contributed by atoms with van der Waals surface area (Å²) in [4.78, 5) is 0. The number of aromatic nitrogens is 3. The van der Waals surface area contributed by atoms with Gasteiger partial charge in [-0.2, -0.15) is 13.7 Å². The van der Waals surface area contributed by atoms with E-state index in [-0.39, 0.29) is 16.2 Å². The average molecular weight is 1170 g/mol. The van der Waals surface area contributed by atoms with Crippen molar-refractivity contribution in [2.24, 2.45) is 0 Å². The Kier molecular flexibility index (Phi) is 10.0. The van der Waals surface area contributed by atoms with Crippen molar-refractivity contribution in [3.05, 3.63) is 264 Å². The molecule has 6 nitrogen and oxygen atoms in total. The summed E-state index contributed by atoms with van der Waals surface area (Å²) in [6, 6.07) is 84.5. The topological polar surface area (TPSA) is 39.3 Å². The summed E-state index contributed by atoms with van der Waals surface area (Å²) < 4.78 is 26.7. The summed E-state index contributed by atoms with van der Waals surface area (Å²) in [5, 5.41) is 21.4. The number of fused-ring (bicyclic) bond motifs is 16. The van der Waals surface area contributed by atoms with Crippen molar-refractivity contribution < 1.29 is 27.9 Å². The molecule has 0 radical (unpaired) electrons. The molecular formula is C85H62N3O3+3. The van der Waals surface area contributed by atoms with Crippen molar-refractivity contribution in [3.63, 3.8) is 0 Å². The second-order valence-corrected chi connectivity index (χ2v) is 27.7. The Labute approximate surface area is 526 Å². The molecule has 0 saturated carbocycles.